The predicted octanol–water partition coefficient (Wildman–Crippen LogP) is 2.84. The smallest absolute Gasteiger partial charge is 0.164 e. The van der Waals surface area contributed by atoms with E-state index < -0.39 is 8.38 Å². The Morgan fingerprint density at radius 2 is 1.91 bits per heavy atom. The van der Waals surface area contributed by atoms with Crippen molar-refractivity contribution in [2.45, 2.75) is 26.2 Å². The van der Waals surface area contributed by atoms with Gasteiger partial charge in [0.15, 0.2) is 8.38 Å². The van der Waals surface area contributed by atoms with Crippen molar-refractivity contribution in [3.8, 4) is 0 Å². The first-order chi connectivity index (χ1) is 10.6. The third-order valence-electron chi connectivity index (χ3n) is 4.35. The van der Waals surface area contributed by atoms with Gasteiger partial charge in [0, 0.05) is 24.6 Å². The summed E-state index contributed by atoms with van der Waals surface area (Å²) in [4.78, 5) is 29.6. The Balaban J connectivity index is 1.74. The van der Waals surface area contributed by atoms with E-state index in [-0.39, 0.29) is 0 Å². The molecule has 0 amide bonds. The van der Waals surface area contributed by atoms with Crippen molar-refractivity contribution in [1.82, 2.24) is 9.97 Å². The third kappa shape index (κ3) is 3.54. The summed E-state index contributed by atoms with van der Waals surface area (Å²) in [5.41, 5.74) is 0.998. The van der Waals surface area contributed by atoms with E-state index >= 15 is 0 Å². The molecule has 2 heterocycles. The van der Waals surface area contributed by atoms with Gasteiger partial charge in [0.25, 0.3) is 0 Å². The van der Waals surface area contributed by atoms with Gasteiger partial charge in [-0.15, -0.1) is 0 Å². The quantitative estimate of drug-likeness (QED) is 0.848. The molecule has 3 rings (SSSR count). The molecule has 0 spiro atoms. The van der Waals surface area contributed by atoms with E-state index in [0.717, 1.165) is 54.9 Å². The number of fused-ring (bicyclic) bond motifs is 1. The molecule has 118 valence electrons. The number of aryl methyl sites for hydroxylation is 1. The number of para-hydroxylation sites is 1. The van der Waals surface area contributed by atoms with Gasteiger partial charge in [-0.2, -0.15) is 0 Å². The summed E-state index contributed by atoms with van der Waals surface area (Å²) in [7, 11) is -1.74. The third-order valence-corrected chi connectivity index (χ3v) is 5.00. The molecule has 1 aliphatic heterocycles. The van der Waals surface area contributed by atoms with E-state index in [1.165, 1.54) is 0 Å². The maximum atomic E-state index is 9.05. The number of nitrogens with zero attached hydrogens (tertiary/aromatic N) is 3. The van der Waals surface area contributed by atoms with Gasteiger partial charge >= 0.3 is 0 Å². The summed E-state index contributed by atoms with van der Waals surface area (Å²) in [5, 5.41) is 1.11. The van der Waals surface area contributed by atoms with Crippen LogP contribution in [0.4, 0.5) is 5.82 Å². The average Bonchev–Trinajstić information content (AvgIpc) is 2.52. The maximum Gasteiger partial charge on any atom is 0.164 e. The van der Waals surface area contributed by atoms with Gasteiger partial charge in [-0.1, -0.05) is 12.1 Å². The van der Waals surface area contributed by atoms with Gasteiger partial charge in [0.2, 0.25) is 0 Å². The number of piperidine rings is 1. The molecule has 1 aliphatic rings. The summed E-state index contributed by atoms with van der Waals surface area (Å²) in [6.45, 7) is 3.88. The molecule has 1 aromatic carbocycles. The standard InChI is InChI=1S/C16H22N3O2P/c1-12-17-15-5-3-2-4-14(15)16(18-12)19-9-6-13(7-10-19)8-11-22(20)21/h2-5,13,20-21H,6-11H2,1H3. The van der Waals surface area contributed by atoms with E-state index in [1.54, 1.807) is 0 Å². The van der Waals surface area contributed by atoms with E-state index in [1.807, 2.05) is 25.1 Å². The largest absolute Gasteiger partial charge is 0.356 e. The summed E-state index contributed by atoms with van der Waals surface area (Å²) >= 11 is 0. The minimum atomic E-state index is -1.74. The topological polar surface area (TPSA) is 69.5 Å². The van der Waals surface area contributed by atoms with Gasteiger partial charge in [0.1, 0.15) is 11.6 Å². The highest BCUT2D eigenvalue weighted by atomic mass is 31.2. The Labute approximate surface area is 131 Å². The Hall–Kier alpha value is -1.29. The number of hydrogen-bond donors (Lipinski definition) is 2. The first-order valence-corrected chi connectivity index (χ1v) is 9.20. The highest BCUT2D eigenvalue weighted by Gasteiger charge is 2.22. The molecule has 5 nitrogen and oxygen atoms in total. The maximum absolute atomic E-state index is 9.05. The van der Waals surface area contributed by atoms with Crippen LogP contribution in [0.15, 0.2) is 24.3 Å². The normalized spacial score (nSPS) is 16.6. The molecule has 6 heteroatoms. The molecular formula is C16H22N3O2P. The van der Waals surface area contributed by atoms with Crippen LogP contribution in [0.25, 0.3) is 10.9 Å². The summed E-state index contributed by atoms with van der Waals surface area (Å²) < 4.78 is 0. The molecule has 0 saturated carbocycles. The zero-order valence-electron chi connectivity index (χ0n) is 12.8. The second-order valence-electron chi connectivity index (χ2n) is 5.93. The molecule has 1 aromatic heterocycles. The molecule has 1 saturated heterocycles. The van der Waals surface area contributed by atoms with Gasteiger partial charge in [-0.25, -0.2) is 9.97 Å². The van der Waals surface area contributed by atoms with Crippen LogP contribution in [0.5, 0.6) is 0 Å². The first-order valence-electron chi connectivity index (χ1n) is 7.77. The lowest BCUT2D eigenvalue weighted by atomic mass is 9.94. The lowest BCUT2D eigenvalue weighted by molar-refractivity contribution is 0.386. The van der Waals surface area contributed by atoms with Gasteiger partial charge in [0.05, 0.1) is 5.52 Å². The lowest BCUT2D eigenvalue weighted by Crippen LogP contribution is -2.34. The van der Waals surface area contributed by atoms with Crippen LogP contribution >= 0.6 is 8.38 Å². The van der Waals surface area contributed by atoms with E-state index in [0.29, 0.717) is 12.1 Å². The summed E-state index contributed by atoms with van der Waals surface area (Å²) in [5.74, 6) is 2.44. The number of anilines is 1. The SMILES string of the molecule is Cc1nc(N2CCC(CCP(O)O)CC2)c2ccccc2n1. The fourth-order valence-electron chi connectivity index (χ4n) is 3.15. The lowest BCUT2D eigenvalue weighted by Gasteiger charge is -2.33. The van der Waals surface area contributed by atoms with Crippen LogP contribution in [0.3, 0.4) is 0 Å². The number of rotatable bonds is 4. The van der Waals surface area contributed by atoms with Crippen LogP contribution in [0, 0.1) is 12.8 Å². The molecule has 0 aliphatic carbocycles. The number of hydrogen-bond acceptors (Lipinski definition) is 5. The number of aromatic nitrogens is 2. The van der Waals surface area contributed by atoms with Crippen molar-refractivity contribution < 1.29 is 9.79 Å². The molecule has 0 atom stereocenters. The Bertz CT molecular complexity index is 642. The fraction of sp³-hybridized carbons (Fsp3) is 0.500. The Morgan fingerprint density at radius 3 is 2.64 bits per heavy atom. The fourth-order valence-corrected chi connectivity index (χ4v) is 3.74. The van der Waals surface area contributed by atoms with Crippen molar-refractivity contribution >= 4 is 25.1 Å². The molecule has 22 heavy (non-hydrogen) atoms. The molecule has 1 fully saturated rings. The van der Waals surface area contributed by atoms with Gasteiger partial charge in [-0.3, -0.25) is 0 Å². The molecule has 0 unspecified atom stereocenters. The molecule has 0 radical (unpaired) electrons. The number of benzene rings is 1. The van der Waals surface area contributed by atoms with Crippen LogP contribution in [-0.2, 0) is 0 Å². The van der Waals surface area contributed by atoms with Crippen molar-refractivity contribution in [2.24, 2.45) is 5.92 Å². The van der Waals surface area contributed by atoms with E-state index in [9.17, 15) is 0 Å². The predicted molar refractivity (Wildman–Crippen MR) is 90.1 cm³/mol. The summed E-state index contributed by atoms with van der Waals surface area (Å²) in [6.07, 6.45) is 3.62. The first kappa shape index (κ1) is 15.6. The molecule has 0 bridgehead atoms. The van der Waals surface area contributed by atoms with Crippen LogP contribution in [0.1, 0.15) is 25.1 Å². The highest BCUT2D eigenvalue weighted by molar-refractivity contribution is 7.45. The van der Waals surface area contributed by atoms with Crippen molar-refractivity contribution in [1.29, 1.82) is 0 Å². The zero-order chi connectivity index (χ0) is 15.5. The summed E-state index contributed by atoms with van der Waals surface area (Å²) in [6, 6.07) is 8.15. The van der Waals surface area contributed by atoms with Crippen LogP contribution in [0.2, 0.25) is 0 Å². The van der Waals surface area contributed by atoms with Gasteiger partial charge < -0.3 is 14.7 Å². The van der Waals surface area contributed by atoms with Crippen LogP contribution in [-0.4, -0.2) is 39.0 Å². The monoisotopic (exact) mass is 319 g/mol. The molecule has 2 aromatic rings. The Morgan fingerprint density at radius 1 is 1.18 bits per heavy atom. The van der Waals surface area contributed by atoms with Gasteiger partial charge in [-0.05, 0) is 44.2 Å². The zero-order valence-corrected chi connectivity index (χ0v) is 13.7. The highest BCUT2D eigenvalue weighted by Crippen LogP contribution is 2.32. The second kappa shape index (κ2) is 6.86. The second-order valence-corrected chi connectivity index (χ2v) is 7.12. The average molecular weight is 319 g/mol. The Kier molecular flexibility index (Phi) is 4.87. The minimum absolute atomic E-state index is 0.537. The molecule has 2 N–H and O–H groups in total. The molecular weight excluding hydrogens is 297 g/mol. The van der Waals surface area contributed by atoms with Crippen molar-refractivity contribution in [3.05, 3.63) is 30.1 Å². The van der Waals surface area contributed by atoms with Crippen molar-refractivity contribution in [3.63, 3.8) is 0 Å². The minimum Gasteiger partial charge on any atom is -0.356 e. The van der Waals surface area contributed by atoms with E-state index in [2.05, 4.69) is 20.9 Å². The van der Waals surface area contributed by atoms with Crippen LogP contribution < -0.4 is 4.90 Å². The van der Waals surface area contributed by atoms with E-state index in [4.69, 9.17) is 9.79 Å². The van der Waals surface area contributed by atoms with Crippen molar-refractivity contribution in [2.75, 3.05) is 24.2 Å².